The zero-order valence-electron chi connectivity index (χ0n) is 8.46. The maximum absolute atomic E-state index is 11.3. The van der Waals surface area contributed by atoms with E-state index < -0.39 is 5.56 Å². The molecule has 0 aliphatic carbocycles. The Morgan fingerprint density at radius 2 is 2.00 bits per heavy atom. The molecule has 78 valence electrons. The standard InChI is InChI=1S/C10H11N3O2/c1-5-3-6(2)8-7(4-5)11-10(14)9(12-8)13-15/h3-4,15H,1-2H3,(H,11,14)(H,12,13). The average Bonchev–Trinajstić information content (AvgIpc) is 2.16. The van der Waals surface area contributed by atoms with Crippen LogP contribution < -0.4 is 11.0 Å². The van der Waals surface area contributed by atoms with Crippen LogP contribution in [0, 0.1) is 13.8 Å². The molecule has 0 radical (unpaired) electrons. The van der Waals surface area contributed by atoms with E-state index in [0.717, 1.165) is 16.6 Å². The van der Waals surface area contributed by atoms with Crippen LogP contribution in [-0.4, -0.2) is 15.2 Å². The van der Waals surface area contributed by atoms with Gasteiger partial charge < -0.3 is 15.2 Å². The van der Waals surface area contributed by atoms with Crippen molar-refractivity contribution in [3.05, 3.63) is 39.1 Å². The van der Waals surface area contributed by atoms with E-state index in [9.17, 15) is 4.79 Å². The molecule has 0 saturated heterocycles. The summed E-state index contributed by atoms with van der Waals surface area (Å²) >= 11 is 0. The van der Waals surface area contributed by atoms with E-state index in [2.05, 4.69) is 15.1 Å². The third-order valence-electron chi connectivity index (χ3n) is 2.29. The van der Waals surface area contributed by atoms with Gasteiger partial charge >= 0.3 is 0 Å². The monoisotopic (exact) mass is 205 g/mol. The van der Waals surface area contributed by atoms with Crippen LogP contribution in [0.5, 0.6) is 0 Å². The van der Waals surface area contributed by atoms with E-state index in [1.165, 1.54) is 0 Å². The molecule has 0 saturated carbocycles. The summed E-state index contributed by atoms with van der Waals surface area (Å²) < 4.78 is 0. The van der Waals surface area contributed by atoms with Crippen LogP contribution >= 0.6 is 0 Å². The third-order valence-corrected chi connectivity index (χ3v) is 2.29. The Morgan fingerprint density at radius 1 is 1.27 bits per heavy atom. The van der Waals surface area contributed by atoms with E-state index in [4.69, 9.17) is 5.21 Å². The average molecular weight is 205 g/mol. The fraction of sp³-hybridized carbons (Fsp3) is 0.200. The fourth-order valence-electron chi connectivity index (χ4n) is 1.66. The van der Waals surface area contributed by atoms with Crippen LogP contribution in [0.1, 0.15) is 11.1 Å². The van der Waals surface area contributed by atoms with Crippen molar-refractivity contribution in [2.75, 3.05) is 0 Å². The molecule has 0 aliphatic rings. The maximum atomic E-state index is 11.3. The van der Waals surface area contributed by atoms with Gasteiger partial charge in [0.05, 0.1) is 11.0 Å². The minimum atomic E-state index is -0.435. The first-order valence-electron chi connectivity index (χ1n) is 4.53. The molecule has 0 amide bonds. The summed E-state index contributed by atoms with van der Waals surface area (Å²) in [6, 6.07) is 3.85. The van der Waals surface area contributed by atoms with Crippen molar-refractivity contribution in [2.24, 2.45) is 5.16 Å². The maximum Gasteiger partial charge on any atom is 0.294 e. The Morgan fingerprint density at radius 3 is 2.67 bits per heavy atom. The number of aromatic amines is 2. The summed E-state index contributed by atoms with van der Waals surface area (Å²) in [6.45, 7) is 3.88. The van der Waals surface area contributed by atoms with Crippen LogP contribution in [0.3, 0.4) is 0 Å². The van der Waals surface area contributed by atoms with Crippen LogP contribution in [0.15, 0.2) is 22.1 Å². The minimum absolute atomic E-state index is 0.0885. The van der Waals surface area contributed by atoms with Crippen LogP contribution in [0.4, 0.5) is 0 Å². The molecule has 0 bridgehead atoms. The fourth-order valence-corrected chi connectivity index (χ4v) is 1.66. The molecule has 5 heteroatoms. The van der Waals surface area contributed by atoms with Gasteiger partial charge in [-0.15, -0.1) is 0 Å². The lowest BCUT2D eigenvalue weighted by atomic mass is 10.1. The molecule has 1 heterocycles. The first-order chi connectivity index (χ1) is 7.11. The van der Waals surface area contributed by atoms with Gasteiger partial charge in [-0.3, -0.25) is 4.79 Å². The smallest absolute Gasteiger partial charge is 0.294 e. The van der Waals surface area contributed by atoms with Crippen molar-refractivity contribution in [1.29, 1.82) is 0 Å². The highest BCUT2D eigenvalue weighted by atomic mass is 16.4. The lowest BCUT2D eigenvalue weighted by Crippen LogP contribution is -2.30. The number of hydrogen-bond donors (Lipinski definition) is 3. The molecule has 5 nitrogen and oxygen atoms in total. The SMILES string of the molecule is Cc1cc(C)c2[nH]/c(=N\O)c(=O)[nH]c2c1. The summed E-state index contributed by atoms with van der Waals surface area (Å²) in [5.74, 6) is 0. The Hall–Kier alpha value is -2.04. The van der Waals surface area contributed by atoms with E-state index in [1.54, 1.807) is 0 Å². The number of nitrogens with zero attached hydrogens (tertiary/aromatic N) is 1. The zero-order valence-corrected chi connectivity index (χ0v) is 8.46. The highest BCUT2D eigenvalue weighted by Crippen LogP contribution is 2.13. The van der Waals surface area contributed by atoms with E-state index >= 15 is 0 Å². The first-order valence-corrected chi connectivity index (χ1v) is 4.53. The molecule has 0 fully saturated rings. The molecule has 15 heavy (non-hydrogen) atoms. The quantitative estimate of drug-likeness (QED) is 0.438. The van der Waals surface area contributed by atoms with Crippen LogP contribution in [-0.2, 0) is 0 Å². The topological polar surface area (TPSA) is 81.2 Å². The summed E-state index contributed by atoms with van der Waals surface area (Å²) in [5.41, 5.74) is 3.02. The Bertz CT molecular complexity index is 637. The Balaban J connectivity index is 3.01. The van der Waals surface area contributed by atoms with Gasteiger partial charge in [-0.05, 0) is 31.0 Å². The summed E-state index contributed by atoms with van der Waals surface area (Å²) in [5, 5.41) is 11.5. The number of nitrogens with one attached hydrogen (secondary N) is 2. The van der Waals surface area contributed by atoms with Crippen molar-refractivity contribution in [1.82, 2.24) is 9.97 Å². The van der Waals surface area contributed by atoms with Crippen molar-refractivity contribution in [2.45, 2.75) is 13.8 Å². The summed E-state index contributed by atoms with van der Waals surface area (Å²) in [6.07, 6.45) is 0. The second-order valence-electron chi connectivity index (χ2n) is 3.53. The van der Waals surface area contributed by atoms with E-state index in [-0.39, 0.29) is 5.49 Å². The molecule has 0 unspecified atom stereocenters. The number of benzene rings is 1. The third kappa shape index (κ3) is 1.52. The van der Waals surface area contributed by atoms with E-state index in [1.807, 2.05) is 26.0 Å². The van der Waals surface area contributed by atoms with Crippen molar-refractivity contribution < 1.29 is 5.21 Å². The normalized spacial score (nSPS) is 12.3. The number of hydrogen-bond acceptors (Lipinski definition) is 3. The largest absolute Gasteiger partial charge is 0.409 e. The second kappa shape index (κ2) is 3.27. The van der Waals surface area contributed by atoms with Gasteiger partial charge in [0, 0.05) is 0 Å². The lowest BCUT2D eigenvalue weighted by Gasteiger charge is -2.03. The molecule has 3 N–H and O–H groups in total. The molecule has 2 rings (SSSR count). The van der Waals surface area contributed by atoms with Gasteiger partial charge in [-0.25, -0.2) is 0 Å². The minimum Gasteiger partial charge on any atom is -0.409 e. The predicted molar refractivity (Wildman–Crippen MR) is 55.7 cm³/mol. The number of aryl methyl sites for hydroxylation is 2. The number of H-pyrrole nitrogens is 2. The molecule has 2 aromatic rings. The molecule has 1 aromatic heterocycles. The molecule has 0 aliphatic heterocycles. The van der Waals surface area contributed by atoms with Crippen molar-refractivity contribution in [3.63, 3.8) is 0 Å². The Labute approximate surface area is 85.1 Å². The van der Waals surface area contributed by atoms with Crippen LogP contribution in [0.2, 0.25) is 0 Å². The molecular formula is C10H11N3O2. The van der Waals surface area contributed by atoms with Crippen molar-refractivity contribution in [3.8, 4) is 0 Å². The van der Waals surface area contributed by atoms with Gasteiger partial charge in [0.2, 0.25) is 5.49 Å². The highest BCUT2D eigenvalue weighted by molar-refractivity contribution is 5.78. The molecule has 0 atom stereocenters. The van der Waals surface area contributed by atoms with Gasteiger partial charge in [0.15, 0.2) is 0 Å². The number of aromatic nitrogens is 2. The van der Waals surface area contributed by atoms with E-state index in [0.29, 0.717) is 5.52 Å². The predicted octanol–water partition coefficient (Wildman–Crippen LogP) is 0.763. The molecule has 0 spiro atoms. The zero-order chi connectivity index (χ0) is 11.0. The molecule has 1 aromatic carbocycles. The van der Waals surface area contributed by atoms with Gasteiger partial charge in [-0.1, -0.05) is 11.2 Å². The summed E-state index contributed by atoms with van der Waals surface area (Å²) in [7, 11) is 0. The second-order valence-corrected chi connectivity index (χ2v) is 3.53. The highest BCUT2D eigenvalue weighted by Gasteiger charge is 2.01. The summed E-state index contributed by atoms with van der Waals surface area (Å²) in [4.78, 5) is 16.8. The number of rotatable bonds is 0. The van der Waals surface area contributed by atoms with Gasteiger partial charge in [-0.2, -0.15) is 0 Å². The van der Waals surface area contributed by atoms with Gasteiger partial charge in [0.25, 0.3) is 5.56 Å². The van der Waals surface area contributed by atoms with Gasteiger partial charge in [0.1, 0.15) is 0 Å². The van der Waals surface area contributed by atoms with Crippen LogP contribution in [0.25, 0.3) is 11.0 Å². The Kier molecular flexibility index (Phi) is 2.07. The molecular weight excluding hydrogens is 194 g/mol. The van der Waals surface area contributed by atoms with Crippen molar-refractivity contribution >= 4 is 11.0 Å². The lowest BCUT2D eigenvalue weighted by molar-refractivity contribution is 0.297. The first kappa shape index (κ1) is 9.51. The number of fused-ring (bicyclic) bond motifs is 1.